The highest BCUT2D eigenvalue weighted by atomic mass is 35.5. The van der Waals surface area contributed by atoms with Gasteiger partial charge in [-0.15, -0.1) is 0 Å². The Morgan fingerprint density at radius 2 is 1.68 bits per heavy atom. The largest absolute Gasteiger partial charge is 0.351 e. The Bertz CT molecular complexity index is 1040. The predicted molar refractivity (Wildman–Crippen MR) is 103 cm³/mol. The maximum Gasteiger partial charge on any atom is 0.250 e. The van der Waals surface area contributed by atoms with E-state index in [4.69, 9.17) is 11.6 Å². The maximum atomic E-state index is 12.2. The topological polar surface area (TPSA) is 46.2 Å². The lowest BCUT2D eigenvalue weighted by Crippen LogP contribution is -2.35. The van der Waals surface area contributed by atoms with Gasteiger partial charge >= 0.3 is 0 Å². The third kappa shape index (κ3) is 2.79. The second-order valence-electron chi connectivity index (χ2n) is 6.68. The van der Waals surface area contributed by atoms with Crippen LogP contribution in [-0.4, -0.2) is 0 Å². The first kappa shape index (κ1) is 16.1. The molecule has 25 heavy (non-hydrogen) atoms. The Balaban J connectivity index is 1.74. The van der Waals surface area contributed by atoms with Crippen molar-refractivity contribution in [3.8, 4) is 11.1 Å². The van der Waals surface area contributed by atoms with E-state index in [9.17, 15) is 9.59 Å². The summed E-state index contributed by atoms with van der Waals surface area (Å²) in [5.41, 5.74) is 5.21. The van der Waals surface area contributed by atoms with E-state index in [2.05, 4.69) is 17.4 Å². The number of benzene rings is 2. The van der Waals surface area contributed by atoms with Gasteiger partial charge in [0.1, 0.15) is 5.69 Å². The summed E-state index contributed by atoms with van der Waals surface area (Å²) in [7, 11) is 0. The smallest absolute Gasteiger partial charge is 0.250 e. The maximum absolute atomic E-state index is 12.2. The Morgan fingerprint density at radius 1 is 0.920 bits per heavy atom. The number of halogens is 1. The van der Waals surface area contributed by atoms with Crippen LogP contribution in [0.2, 0.25) is 5.02 Å². The lowest BCUT2D eigenvalue weighted by Gasteiger charge is -2.19. The molecule has 0 heterocycles. The van der Waals surface area contributed by atoms with Crippen LogP contribution in [0, 0.1) is 6.92 Å². The van der Waals surface area contributed by atoms with E-state index in [1.807, 2.05) is 25.1 Å². The zero-order chi connectivity index (χ0) is 17.6. The summed E-state index contributed by atoms with van der Waals surface area (Å²) in [5.74, 6) is 0. The number of aryl methyl sites for hydroxylation is 3. The van der Waals surface area contributed by atoms with Gasteiger partial charge in [-0.1, -0.05) is 29.8 Å². The first-order valence-corrected chi connectivity index (χ1v) is 8.91. The van der Waals surface area contributed by atoms with Crippen molar-refractivity contribution in [2.75, 3.05) is 5.32 Å². The molecule has 0 radical (unpaired) electrons. The molecular formula is C21H18ClNO2. The molecule has 0 spiro atoms. The SMILES string of the molecule is Cc1cc(Cl)ccc1Nc1c(-c2ccc3c(c2)CCCC3)c(=O)c1=O. The Labute approximate surface area is 151 Å². The average Bonchev–Trinajstić information content (AvgIpc) is 2.62. The van der Waals surface area contributed by atoms with Crippen LogP contribution in [0.5, 0.6) is 0 Å². The van der Waals surface area contributed by atoms with Gasteiger partial charge < -0.3 is 5.32 Å². The minimum Gasteiger partial charge on any atom is -0.351 e. The Kier molecular flexibility index (Phi) is 3.97. The van der Waals surface area contributed by atoms with Gasteiger partial charge in [-0.25, -0.2) is 0 Å². The van der Waals surface area contributed by atoms with Crippen LogP contribution in [0.1, 0.15) is 29.5 Å². The normalized spacial score (nSPS) is 13.7. The summed E-state index contributed by atoms with van der Waals surface area (Å²) < 4.78 is 0. The van der Waals surface area contributed by atoms with Crippen molar-refractivity contribution >= 4 is 23.0 Å². The quantitative estimate of drug-likeness (QED) is 0.705. The molecule has 3 aromatic carbocycles. The molecule has 1 aliphatic carbocycles. The van der Waals surface area contributed by atoms with Crippen molar-refractivity contribution in [1.29, 1.82) is 0 Å². The number of rotatable bonds is 3. The van der Waals surface area contributed by atoms with Gasteiger partial charge in [-0.2, -0.15) is 0 Å². The van der Waals surface area contributed by atoms with E-state index in [0.717, 1.165) is 29.7 Å². The molecule has 1 aliphatic rings. The summed E-state index contributed by atoms with van der Waals surface area (Å²) in [5, 5.41) is 3.77. The molecule has 0 amide bonds. The fraction of sp³-hybridized carbons (Fsp3) is 0.238. The van der Waals surface area contributed by atoms with E-state index < -0.39 is 10.9 Å². The second kappa shape index (κ2) is 6.16. The summed E-state index contributed by atoms with van der Waals surface area (Å²) in [4.78, 5) is 24.3. The van der Waals surface area contributed by atoms with Crippen LogP contribution in [0.25, 0.3) is 11.1 Å². The molecule has 0 bridgehead atoms. The Morgan fingerprint density at radius 3 is 2.44 bits per heavy atom. The molecule has 4 heteroatoms. The van der Waals surface area contributed by atoms with Gasteiger partial charge in [0.05, 0.1) is 5.56 Å². The molecule has 0 unspecified atom stereocenters. The number of hydrogen-bond donors (Lipinski definition) is 1. The molecule has 0 saturated heterocycles. The average molecular weight is 352 g/mol. The van der Waals surface area contributed by atoms with Crippen LogP contribution in [0.3, 0.4) is 0 Å². The third-order valence-electron chi connectivity index (χ3n) is 5.00. The summed E-state index contributed by atoms with van der Waals surface area (Å²) >= 11 is 5.98. The second-order valence-corrected chi connectivity index (χ2v) is 7.12. The van der Waals surface area contributed by atoms with Crippen molar-refractivity contribution in [2.45, 2.75) is 32.6 Å². The molecule has 0 aliphatic heterocycles. The van der Waals surface area contributed by atoms with Gasteiger partial charge in [-0.3, -0.25) is 9.59 Å². The van der Waals surface area contributed by atoms with Crippen molar-refractivity contribution < 1.29 is 0 Å². The fourth-order valence-electron chi connectivity index (χ4n) is 3.58. The van der Waals surface area contributed by atoms with Crippen molar-refractivity contribution in [1.82, 2.24) is 0 Å². The minimum atomic E-state index is -0.456. The van der Waals surface area contributed by atoms with Gasteiger partial charge in [0, 0.05) is 10.7 Å². The van der Waals surface area contributed by atoms with Gasteiger partial charge in [0.25, 0.3) is 5.43 Å². The summed E-state index contributed by atoms with van der Waals surface area (Å²) in [6.45, 7) is 1.91. The molecule has 3 aromatic rings. The third-order valence-corrected chi connectivity index (χ3v) is 5.23. The fourth-order valence-corrected chi connectivity index (χ4v) is 3.80. The zero-order valence-corrected chi connectivity index (χ0v) is 14.7. The van der Waals surface area contributed by atoms with Gasteiger partial charge in [0.2, 0.25) is 5.43 Å². The summed E-state index contributed by atoms with van der Waals surface area (Å²) in [6.07, 6.45) is 4.53. The number of anilines is 2. The van der Waals surface area contributed by atoms with Gasteiger partial charge in [0.15, 0.2) is 0 Å². The molecule has 3 nitrogen and oxygen atoms in total. The molecule has 1 N–H and O–H groups in total. The molecule has 0 saturated carbocycles. The predicted octanol–water partition coefficient (Wildman–Crippen LogP) is 4.53. The molecule has 0 fully saturated rings. The van der Waals surface area contributed by atoms with Crippen LogP contribution >= 0.6 is 11.6 Å². The monoisotopic (exact) mass is 351 g/mol. The standard InChI is InChI=1S/C21H18ClNO2/c1-12-10-16(22)8-9-17(12)23-19-18(20(24)21(19)25)15-7-6-13-4-2-3-5-14(13)11-15/h6-11,23H,2-5H2,1H3. The molecule has 0 atom stereocenters. The van der Waals surface area contributed by atoms with Crippen molar-refractivity contribution in [3.05, 3.63) is 78.6 Å². The summed E-state index contributed by atoms with van der Waals surface area (Å²) in [6, 6.07) is 11.5. The first-order chi connectivity index (χ1) is 12.0. The highest BCUT2D eigenvalue weighted by molar-refractivity contribution is 6.30. The van der Waals surface area contributed by atoms with Crippen LogP contribution in [-0.2, 0) is 12.8 Å². The first-order valence-electron chi connectivity index (χ1n) is 8.53. The highest BCUT2D eigenvalue weighted by Crippen LogP contribution is 2.31. The molecule has 0 aromatic heterocycles. The van der Waals surface area contributed by atoms with E-state index >= 15 is 0 Å². The number of fused-ring (bicyclic) bond motifs is 1. The number of hydrogen-bond acceptors (Lipinski definition) is 3. The van der Waals surface area contributed by atoms with Crippen molar-refractivity contribution in [2.24, 2.45) is 0 Å². The molecular weight excluding hydrogens is 334 g/mol. The van der Waals surface area contributed by atoms with Crippen molar-refractivity contribution in [3.63, 3.8) is 0 Å². The highest BCUT2D eigenvalue weighted by Gasteiger charge is 2.23. The van der Waals surface area contributed by atoms with E-state index in [1.54, 1.807) is 6.07 Å². The molecule has 126 valence electrons. The lowest BCUT2D eigenvalue weighted by atomic mass is 9.88. The van der Waals surface area contributed by atoms with E-state index in [0.29, 0.717) is 16.3 Å². The minimum absolute atomic E-state index is 0.381. The van der Waals surface area contributed by atoms with Crippen LogP contribution in [0.15, 0.2) is 46.0 Å². The van der Waals surface area contributed by atoms with Gasteiger partial charge in [-0.05, 0) is 73.1 Å². The van der Waals surface area contributed by atoms with Crippen LogP contribution < -0.4 is 16.2 Å². The number of nitrogens with one attached hydrogen (secondary N) is 1. The molecule has 4 rings (SSSR count). The Hall–Kier alpha value is -2.39. The van der Waals surface area contributed by atoms with Crippen LogP contribution in [0.4, 0.5) is 11.4 Å². The zero-order valence-electron chi connectivity index (χ0n) is 14.0. The van der Waals surface area contributed by atoms with E-state index in [1.165, 1.54) is 24.0 Å². The lowest BCUT2D eigenvalue weighted by molar-refractivity contribution is 0.686. The van der Waals surface area contributed by atoms with E-state index in [-0.39, 0.29) is 0 Å².